The summed E-state index contributed by atoms with van der Waals surface area (Å²) in [5.74, 6) is -0.292. The number of halogens is 1. The van der Waals surface area contributed by atoms with E-state index >= 15 is 0 Å². The van der Waals surface area contributed by atoms with Crippen molar-refractivity contribution in [3.05, 3.63) is 63.7 Å². The fraction of sp³-hybridized carbons (Fsp3) is 0.125. The number of carbonyl (C=O) groups is 2. The molecule has 0 aromatic heterocycles. The van der Waals surface area contributed by atoms with Crippen molar-refractivity contribution in [1.82, 2.24) is 0 Å². The molecule has 2 aromatic rings. The van der Waals surface area contributed by atoms with Gasteiger partial charge in [-0.15, -0.1) is 0 Å². The van der Waals surface area contributed by atoms with Gasteiger partial charge < -0.3 is 5.32 Å². The fourth-order valence-corrected chi connectivity index (χ4v) is 2.68. The fourth-order valence-electron chi connectivity index (χ4n) is 2.51. The lowest BCUT2D eigenvalue weighted by Crippen LogP contribution is -2.22. The summed E-state index contributed by atoms with van der Waals surface area (Å²) in [7, 11) is 0. The number of hydrogen-bond acceptors (Lipinski definition) is 3. The van der Waals surface area contributed by atoms with E-state index in [1.54, 1.807) is 30.3 Å². The third-order valence-corrected chi connectivity index (χ3v) is 3.61. The highest BCUT2D eigenvalue weighted by molar-refractivity contribution is 6.34. The normalized spacial score (nSPS) is 12.9. The molecule has 0 fully saturated rings. The topological polar surface area (TPSA) is 46.2 Å². The number of benzene rings is 2. The number of anilines is 1. The van der Waals surface area contributed by atoms with E-state index in [4.69, 9.17) is 11.6 Å². The Labute approximate surface area is 121 Å². The van der Waals surface area contributed by atoms with Gasteiger partial charge in [0.25, 0.3) is 0 Å². The molecule has 1 aliphatic rings. The summed E-state index contributed by atoms with van der Waals surface area (Å²) in [6.45, 7) is 2.63. The molecule has 0 aliphatic heterocycles. The zero-order valence-electron chi connectivity index (χ0n) is 10.9. The van der Waals surface area contributed by atoms with E-state index in [0.717, 1.165) is 0 Å². The Bertz CT molecular complexity index is 737. The van der Waals surface area contributed by atoms with Crippen molar-refractivity contribution in [2.24, 2.45) is 0 Å². The molecule has 0 heterocycles. The van der Waals surface area contributed by atoms with E-state index in [1.807, 2.05) is 13.0 Å². The van der Waals surface area contributed by atoms with Crippen LogP contribution in [-0.2, 0) is 0 Å². The highest BCUT2D eigenvalue weighted by Gasteiger charge is 2.31. The van der Waals surface area contributed by atoms with E-state index in [2.05, 4.69) is 5.32 Å². The van der Waals surface area contributed by atoms with Crippen LogP contribution in [0.25, 0.3) is 0 Å². The summed E-state index contributed by atoms with van der Waals surface area (Å²) in [5.41, 5.74) is 2.38. The van der Waals surface area contributed by atoms with E-state index in [1.165, 1.54) is 0 Å². The Morgan fingerprint density at radius 3 is 2.55 bits per heavy atom. The first-order valence-electron chi connectivity index (χ1n) is 6.39. The van der Waals surface area contributed by atoms with Crippen molar-refractivity contribution >= 4 is 28.9 Å². The molecule has 4 heteroatoms. The Hall–Kier alpha value is -2.13. The van der Waals surface area contributed by atoms with Crippen molar-refractivity contribution < 1.29 is 9.59 Å². The standard InChI is InChI=1S/C16H12ClNO2/c1-2-18-13-5-3-4-11-14(13)16(20)10-7-6-9(17)8-12(10)15(11)19/h3-8,18H,2H2,1H3. The van der Waals surface area contributed by atoms with Gasteiger partial charge in [0.15, 0.2) is 11.6 Å². The SMILES string of the molecule is CCNc1cccc2c1C(=O)c1ccc(Cl)cc1C2=O. The largest absolute Gasteiger partial charge is 0.385 e. The molecule has 0 radical (unpaired) electrons. The molecule has 0 unspecified atom stereocenters. The van der Waals surface area contributed by atoms with Crippen LogP contribution in [0.2, 0.25) is 5.02 Å². The molecule has 1 aliphatic carbocycles. The number of nitrogens with one attached hydrogen (secondary N) is 1. The van der Waals surface area contributed by atoms with Crippen molar-refractivity contribution in [1.29, 1.82) is 0 Å². The van der Waals surface area contributed by atoms with Gasteiger partial charge in [0, 0.05) is 33.9 Å². The molecule has 20 heavy (non-hydrogen) atoms. The molecule has 0 amide bonds. The summed E-state index contributed by atoms with van der Waals surface area (Å²) in [6.07, 6.45) is 0. The zero-order chi connectivity index (χ0) is 14.3. The molecule has 0 saturated heterocycles. The van der Waals surface area contributed by atoms with Crippen LogP contribution in [0, 0.1) is 0 Å². The summed E-state index contributed by atoms with van der Waals surface area (Å²) in [6, 6.07) is 10.1. The van der Waals surface area contributed by atoms with Crippen molar-refractivity contribution in [2.45, 2.75) is 6.92 Å². The van der Waals surface area contributed by atoms with E-state index in [0.29, 0.717) is 39.5 Å². The Morgan fingerprint density at radius 2 is 1.80 bits per heavy atom. The second kappa shape index (κ2) is 4.76. The van der Waals surface area contributed by atoms with Gasteiger partial charge in [-0.25, -0.2) is 0 Å². The molecule has 0 saturated carbocycles. The molecule has 3 nitrogen and oxygen atoms in total. The third-order valence-electron chi connectivity index (χ3n) is 3.37. The van der Waals surface area contributed by atoms with Gasteiger partial charge in [0.1, 0.15) is 0 Å². The van der Waals surface area contributed by atoms with Gasteiger partial charge in [0.2, 0.25) is 0 Å². The molecule has 0 atom stereocenters. The van der Waals surface area contributed by atoms with Gasteiger partial charge in [-0.2, -0.15) is 0 Å². The maximum Gasteiger partial charge on any atom is 0.196 e. The monoisotopic (exact) mass is 285 g/mol. The van der Waals surface area contributed by atoms with Gasteiger partial charge in [-0.3, -0.25) is 9.59 Å². The van der Waals surface area contributed by atoms with Crippen LogP contribution in [-0.4, -0.2) is 18.1 Å². The highest BCUT2D eigenvalue weighted by Crippen LogP contribution is 2.33. The van der Waals surface area contributed by atoms with Crippen LogP contribution in [0.3, 0.4) is 0 Å². The second-order valence-corrected chi connectivity index (χ2v) is 5.04. The number of rotatable bonds is 2. The first kappa shape index (κ1) is 12.9. The molecule has 0 spiro atoms. The van der Waals surface area contributed by atoms with Crippen LogP contribution in [0.5, 0.6) is 0 Å². The predicted octanol–water partition coefficient (Wildman–Crippen LogP) is 3.55. The predicted molar refractivity (Wildman–Crippen MR) is 78.9 cm³/mol. The van der Waals surface area contributed by atoms with E-state index in [9.17, 15) is 9.59 Å². The Balaban J connectivity index is 2.26. The van der Waals surface area contributed by atoms with Crippen LogP contribution in [0.15, 0.2) is 36.4 Å². The summed E-state index contributed by atoms with van der Waals surface area (Å²) < 4.78 is 0. The minimum atomic E-state index is -0.156. The first-order chi connectivity index (χ1) is 9.63. The Morgan fingerprint density at radius 1 is 1.00 bits per heavy atom. The van der Waals surface area contributed by atoms with Gasteiger partial charge >= 0.3 is 0 Å². The highest BCUT2D eigenvalue weighted by atomic mass is 35.5. The number of carbonyl (C=O) groups excluding carboxylic acids is 2. The van der Waals surface area contributed by atoms with Gasteiger partial charge in [0.05, 0.1) is 5.56 Å². The first-order valence-corrected chi connectivity index (χ1v) is 6.77. The second-order valence-electron chi connectivity index (χ2n) is 4.61. The van der Waals surface area contributed by atoms with Gasteiger partial charge in [-0.05, 0) is 31.2 Å². The maximum absolute atomic E-state index is 12.6. The van der Waals surface area contributed by atoms with Crippen molar-refractivity contribution in [3.8, 4) is 0 Å². The molecule has 0 bridgehead atoms. The van der Waals surface area contributed by atoms with Gasteiger partial charge in [-0.1, -0.05) is 23.7 Å². The summed E-state index contributed by atoms with van der Waals surface area (Å²) in [4.78, 5) is 25.1. The number of hydrogen-bond donors (Lipinski definition) is 1. The minimum Gasteiger partial charge on any atom is -0.385 e. The van der Waals surface area contributed by atoms with Crippen molar-refractivity contribution in [3.63, 3.8) is 0 Å². The lowest BCUT2D eigenvalue weighted by Gasteiger charge is -2.20. The molecule has 2 aromatic carbocycles. The molecular weight excluding hydrogens is 274 g/mol. The average Bonchev–Trinajstić information content (AvgIpc) is 2.45. The number of ketones is 2. The van der Waals surface area contributed by atoms with Crippen LogP contribution >= 0.6 is 11.6 Å². The molecule has 100 valence electrons. The summed E-state index contributed by atoms with van der Waals surface area (Å²) in [5, 5.41) is 3.58. The summed E-state index contributed by atoms with van der Waals surface area (Å²) >= 11 is 5.92. The lowest BCUT2D eigenvalue weighted by molar-refractivity contribution is 0.0979. The molecule has 3 rings (SSSR count). The Kier molecular flexibility index (Phi) is 3.07. The lowest BCUT2D eigenvalue weighted by atomic mass is 9.83. The minimum absolute atomic E-state index is 0.136. The smallest absolute Gasteiger partial charge is 0.196 e. The maximum atomic E-state index is 12.6. The third kappa shape index (κ3) is 1.82. The quantitative estimate of drug-likeness (QED) is 0.783. The van der Waals surface area contributed by atoms with Crippen LogP contribution < -0.4 is 5.32 Å². The van der Waals surface area contributed by atoms with E-state index < -0.39 is 0 Å². The van der Waals surface area contributed by atoms with Crippen molar-refractivity contribution in [2.75, 3.05) is 11.9 Å². The average molecular weight is 286 g/mol. The van der Waals surface area contributed by atoms with Crippen LogP contribution in [0.1, 0.15) is 38.8 Å². The molecule has 1 N–H and O–H groups in total. The number of fused-ring (bicyclic) bond motifs is 2. The van der Waals surface area contributed by atoms with Crippen LogP contribution in [0.4, 0.5) is 5.69 Å². The van der Waals surface area contributed by atoms with E-state index in [-0.39, 0.29) is 11.6 Å². The zero-order valence-corrected chi connectivity index (χ0v) is 11.6. The molecular formula is C16H12ClNO2.